The van der Waals surface area contributed by atoms with E-state index in [-0.39, 0.29) is 12.2 Å². The largest absolute Gasteiger partial charge is 0.504 e. The minimum Gasteiger partial charge on any atom is -0.504 e. The Labute approximate surface area is 115 Å². The summed E-state index contributed by atoms with van der Waals surface area (Å²) in [5.74, 6) is -3.41. The molecule has 7 nitrogen and oxygen atoms in total. The quantitative estimate of drug-likeness (QED) is 0.692. The van der Waals surface area contributed by atoms with Gasteiger partial charge in [0.05, 0.1) is 0 Å². The number of carboxylic acids is 1. The number of rotatable bonds is 4. The molecule has 108 valence electrons. The summed E-state index contributed by atoms with van der Waals surface area (Å²) in [5.41, 5.74) is 0.375. The highest BCUT2D eigenvalue weighted by Gasteiger charge is 2.31. The van der Waals surface area contributed by atoms with Crippen molar-refractivity contribution in [3.8, 4) is 11.5 Å². The summed E-state index contributed by atoms with van der Waals surface area (Å²) < 4.78 is 0. The summed E-state index contributed by atoms with van der Waals surface area (Å²) >= 11 is 0. The molecule has 0 aliphatic rings. The molecule has 0 bridgehead atoms. The highest BCUT2D eigenvalue weighted by Crippen LogP contribution is 2.26. The zero-order chi connectivity index (χ0) is 15.4. The van der Waals surface area contributed by atoms with E-state index in [0.29, 0.717) is 10.5 Å². The normalized spacial score (nSPS) is 11.7. The molecule has 0 aromatic heterocycles. The van der Waals surface area contributed by atoms with Crippen LogP contribution in [0.1, 0.15) is 19.4 Å². The molecule has 0 aliphatic heterocycles. The minimum absolute atomic E-state index is 0.164. The summed E-state index contributed by atoms with van der Waals surface area (Å²) in [6, 6.07) is 2.43. The lowest BCUT2D eigenvalue weighted by Crippen LogP contribution is -2.48. The monoisotopic (exact) mass is 281 g/mol. The Kier molecular flexibility index (Phi) is 4.68. The van der Waals surface area contributed by atoms with Crippen LogP contribution in [-0.2, 0) is 20.8 Å². The van der Waals surface area contributed by atoms with E-state index < -0.39 is 29.6 Å². The van der Waals surface area contributed by atoms with Gasteiger partial charge in [-0.25, -0.2) is 4.79 Å². The molecule has 1 atom stereocenters. The third kappa shape index (κ3) is 3.47. The van der Waals surface area contributed by atoms with Crippen LogP contribution in [0.15, 0.2) is 18.2 Å². The van der Waals surface area contributed by atoms with Crippen molar-refractivity contribution in [3.63, 3.8) is 0 Å². The second kappa shape index (κ2) is 6.05. The van der Waals surface area contributed by atoms with Gasteiger partial charge < -0.3 is 15.3 Å². The number of hydrogen-bond donors (Lipinski definition) is 3. The predicted octanol–water partition coefficient (Wildman–Crippen LogP) is 0.488. The van der Waals surface area contributed by atoms with E-state index in [4.69, 9.17) is 5.11 Å². The van der Waals surface area contributed by atoms with Gasteiger partial charge in [0.1, 0.15) is 6.04 Å². The van der Waals surface area contributed by atoms with Gasteiger partial charge in [0.2, 0.25) is 11.8 Å². The summed E-state index contributed by atoms with van der Waals surface area (Å²) in [5, 5.41) is 27.7. The Morgan fingerprint density at radius 2 is 1.65 bits per heavy atom. The highest BCUT2D eigenvalue weighted by molar-refractivity contribution is 5.97. The number of nitrogens with zero attached hydrogens (tertiary/aromatic N) is 1. The van der Waals surface area contributed by atoms with Crippen LogP contribution in [0.5, 0.6) is 11.5 Å². The molecule has 1 aromatic carbocycles. The van der Waals surface area contributed by atoms with Gasteiger partial charge in [-0.3, -0.25) is 14.5 Å². The molecular formula is C13H15NO6. The van der Waals surface area contributed by atoms with Crippen LogP contribution in [0.3, 0.4) is 0 Å². The molecule has 1 unspecified atom stereocenters. The fourth-order valence-corrected chi connectivity index (χ4v) is 1.87. The number of carbonyl (C=O) groups excluding carboxylic acids is 2. The summed E-state index contributed by atoms with van der Waals surface area (Å²) in [6.07, 6.45) is -0.164. The van der Waals surface area contributed by atoms with Crippen LogP contribution < -0.4 is 0 Å². The minimum atomic E-state index is -1.37. The number of phenols is 2. The van der Waals surface area contributed by atoms with Gasteiger partial charge in [0.15, 0.2) is 11.5 Å². The second-order valence-corrected chi connectivity index (χ2v) is 4.29. The molecule has 0 radical (unpaired) electrons. The molecule has 0 heterocycles. The van der Waals surface area contributed by atoms with Crippen molar-refractivity contribution in [2.45, 2.75) is 26.3 Å². The van der Waals surface area contributed by atoms with Gasteiger partial charge in [0, 0.05) is 20.3 Å². The highest BCUT2D eigenvalue weighted by atomic mass is 16.4. The van der Waals surface area contributed by atoms with Gasteiger partial charge in [-0.1, -0.05) is 6.07 Å². The zero-order valence-electron chi connectivity index (χ0n) is 11.0. The number of benzene rings is 1. The van der Waals surface area contributed by atoms with Crippen molar-refractivity contribution < 1.29 is 29.7 Å². The average Bonchev–Trinajstić information content (AvgIpc) is 2.31. The van der Waals surface area contributed by atoms with E-state index in [0.717, 1.165) is 13.8 Å². The smallest absolute Gasteiger partial charge is 0.327 e. The lowest BCUT2D eigenvalue weighted by molar-refractivity contribution is -0.156. The van der Waals surface area contributed by atoms with Crippen molar-refractivity contribution in [1.29, 1.82) is 0 Å². The van der Waals surface area contributed by atoms with Gasteiger partial charge in [-0.05, 0) is 17.7 Å². The van der Waals surface area contributed by atoms with E-state index >= 15 is 0 Å². The van der Waals surface area contributed by atoms with E-state index in [2.05, 4.69) is 0 Å². The maximum absolute atomic E-state index is 11.4. The zero-order valence-corrected chi connectivity index (χ0v) is 11.0. The number of hydrogen-bond acceptors (Lipinski definition) is 5. The van der Waals surface area contributed by atoms with E-state index in [1.54, 1.807) is 0 Å². The van der Waals surface area contributed by atoms with Crippen LogP contribution in [0, 0.1) is 0 Å². The van der Waals surface area contributed by atoms with Crippen molar-refractivity contribution in [2.24, 2.45) is 0 Å². The lowest BCUT2D eigenvalue weighted by atomic mass is 10.0. The van der Waals surface area contributed by atoms with Crippen molar-refractivity contribution in [2.75, 3.05) is 0 Å². The number of carboxylic acid groups (broad SMARTS) is 1. The van der Waals surface area contributed by atoms with E-state index in [1.165, 1.54) is 18.2 Å². The summed E-state index contributed by atoms with van der Waals surface area (Å²) in [6.45, 7) is 2.21. The Hall–Kier alpha value is -2.57. The SMILES string of the molecule is CC(=O)N(C(C)=O)C(Cc1ccc(O)c(O)c1)C(=O)O. The summed E-state index contributed by atoms with van der Waals surface area (Å²) in [7, 11) is 0. The molecule has 2 amide bonds. The van der Waals surface area contributed by atoms with Crippen molar-refractivity contribution in [3.05, 3.63) is 23.8 Å². The Balaban J connectivity index is 3.08. The van der Waals surface area contributed by atoms with E-state index in [1.807, 2.05) is 0 Å². The molecule has 0 saturated heterocycles. The Bertz CT molecular complexity index is 540. The Morgan fingerprint density at radius 1 is 1.10 bits per heavy atom. The van der Waals surface area contributed by atoms with Gasteiger partial charge in [-0.2, -0.15) is 0 Å². The summed E-state index contributed by atoms with van der Waals surface area (Å²) in [4.78, 5) is 34.7. The van der Waals surface area contributed by atoms with Crippen LogP contribution in [0.4, 0.5) is 0 Å². The van der Waals surface area contributed by atoms with Crippen molar-refractivity contribution in [1.82, 2.24) is 4.90 Å². The van der Waals surface area contributed by atoms with Crippen LogP contribution in [0.25, 0.3) is 0 Å². The topological polar surface area (TPSA) is 115 Å². The van der Waals surface area contributed by atoms with Crippen molar-refractivity contribution >= 4 is 17.8 Å². The maximum Gasteiger partial charge on any atom is 0.327 e. The number of carbonyl (C=O) groups is 3. The molecule has 0 aliphatic carbocycles. The standard InChI is InChI=1S/C13H15NO6/c1-7(15)14(8(2)16)10(13(19)20)5-9-3-4-11(17)12(18)6-9/h3-4,6,10,17-18H,5H2,1-2H3,(H,19,20). The third-order valence-corrected chi connectivity index (χ3v) is 2.74. The fourth-order valence-electron chi connectivity index (χ4n) is 1.87. The molecule has 0 saturated carbocycles. The van der Waals surface area contributed by atoms with Crippen LogP contribution in [0.2, 0.25) is 0 Å². The van der Waals surface area contributed by atoms with E-state index in [9.17, 15) is 24.6 Å². The molecule has 0 fully saturated rings. The molecular weight excluding hydrogens is 266 g/mol. The first-order valence-electron chi connectivity index (χ1n) is 5.78. The lowest BCUT2D eigenvalue weighted by Gasteiger charge is -2.25. The first kappa shape index (κ1) is 15.5. The molecule has 3 N–H and O–H groups in total. The number of aromatic hydroxyl groups is 2. The number of aliphatic carboxylic acids is 1. The average molecular weight is 281 g/mol. The molecule has 1 rings (SSSR count). The first-order chi connectivity index (χ1) is 9.23. The maximum atomic E-state index is 11.4. The molecule has 1 aromatic rings. The number of phenolic OH excluding ortho intramolecular Hbond substituents is 2. The molecule has 20 heavy (non-hydrogen) atoms. The van der Waals surface area contributed by atoms with Crippen LogP contribution in [-0.4, -0.2) is 44.0 Å². The fraction of sp³-hybridized carbons (Fsp3) is 0.308. The predicted molar refractivity (Wildman–Crippen MR) is 68.1 cm³/mol. The second-order valence-electron chi connectivity index (χ2n) is 4.29. The van der Waals surface area contributed by atoms with Gasteiger partial charge in [0.25, 0.3) is 0 Å². The number of amides is 2. The van der Waals surface area contributed by atoms with Crippen LogP contribution >= 0.6 is 0 Å². The molecule has 7 heteroatoms. The molecule has 0 spiro atoms. The Morgan fingerprint density at radius 3 is 2.05 bits per heavy atom. The third-order valence-electron chi connectivity index (χ3n) is 2.74. The van der Waals surface area contributed by atoms with Gasteiger partial charge in [-0.15, -0.1) is 0 Å². The first-order valence-corrected chi connectivity index (χ1v) is 5.78. The van der Waals surface area contributed by atoms with Gasteiger partial charge >= 0.3 is 5.97 Å². The number of imide groups is 1.